The Morgan fingerprint density at radius 1 is 1.40 bits per heavy atom. The molecule has 0 saturated heterocycles. The Balaban J connectivity index is 4.05. The van der Waals surface area contributed by atoms with Crippen LogP contribution in [-0.2, 0) is 0 Å². The molecule has 0 rings (SSSR count). The number of rotatable bonds is 2. The first kappa shape index (κ1) is 9.01. The van der Waals surface area contributed by atoms with Crippen LogP contribution in [0.15, 0.2) is 16.9 Å². The Labute approximate surface area is 61.8 Å². The van der Waals surface area contributed by atoms with Gasteiger partial charge in [-0.25, -0.2) is 4.99 Å². The van der Waals surface area contributed by atoms with Crippen molar-refractivity contribution in [1.29, 1.82) is 0 Å². The molecule has 3 nitrogen and oxygen atoms in total. The van der Waals surface area contributed by atoms with E-state index in [2.05, 4.69) is 4.99 Å². The van der Waals surface area contributed by atoms with E-state index in [4.69, 9.17) is 11.5 Å². The van der Waals surface area contributed by atoms with Gasteiger partial charge < -0.3 is 11.5 Å². The zero-order chi connectivity index (χ0) is 8.15. The highest BCUT2D eigenvalue weighted by Gasteiger charge is 1.95. The third kappa shape index (κ3) is 3.95. The molecule has 0 aromatic carbocycles. The Morgan fingerprint density at radius 2 is 1.90 bits per heavy atom. The van der Waals surface area contributed by atoms with Gasteiger partial charge in [0, 0.05) is 17.8 Å². The quantitative estimate of drug-likeness (QED) is 0.441. The van der Waals surface area contributed by atoms with Gasteiger partial charge in [-0.05, 0) is 6.92 Å². The lowest BCUT2D eigenvalue weighted by Gasteiger charge is -2.00. The molecule has 4 N–H and O–H groups in total. The number of allylic oxidation sites excluding steroid dienone is 1. The molecule has 0 amide bonds. The molecule has 0 aromatic rings. The molecular formula is C7H15N3. The van der Waals surface area contributed by atoms with E-state index >= 15 is 0 Å². The first-order chi connectivity index (χ1) is 4.54. The van der Waals surface area contributed by atoms with Crippen LogP contribution in [0.1, 0.15) is 20.8 Å². The zero-order valence-electron chi connectivity index (χ0n) is 6.76. The minimum absolute atomic E-state index is 0.288. The highest BCUT2D eigenvalue weighted by molar-refractivity contribution is 5.82. The van der Waals surface area contributed by atoms with E-state index in [9.17, 15) is 0 Å². The van der Waals surface area contributed by atoms with E-state index in [1.165, 1.54) is 0 Å². The lowest BCUT2D eigenvalue weighted by atomic mass is 10.2. The van der Waals surface area contributed by atoms with Crippen molar-refractivity contribution in [3.8, 4) is 0 Å². The predicted molar refractivity (Wildman–Crippen MR) is 44.4 cm³/mol. The number of amidine groups is 1. The fourth-order valence-corrected chi connectivity index (χ4v) is 0.325. The third-order valence-electron chi connectivity index (χ3n) is 1.01. The fourth-order valence-electron chi connectivity index (χ4n) is 0.325. The SMILES string of the molecule is C/C(N)=C/N=C(N)C(C)C. The van der Waals surface area contributed by atoms with Crippen molar-refractivity contribution in [3.63, 3.8) is 0 Å². The topological polar surface area (TPSA) is 64.4 Å². The van der Waals surface area contributed by atoms with Gasteiger partial charge in [0.1, 0.15) is 5.84 Å². The van der Waals surface area contributed by atoms with Gasteiger partial charge in [0.15, 0.2) is 0 Å². The van der Waals surface area contributed by atoms with Crippen molar-refractivity contribution in [2.75, 3.05) is 0 Å². The molecule has 3 heteroatoms. The van der Waals surface area contributed by atoms with E-state index in [1.54, 1.807) is 13.1 Å². The van der Waals surface area contributed by atoms with E-state index in [0.717, 1.165) is 0 Å². The average molecular weight is 141 g/mol. The van der Waals surface area contributed by atoms with Gasteiger partial charge in [-0.1, -0.05) is 13.8 Å². The van der Waals surface area contributed by atoms with Crippen LogP contribution in [0.4, 0.5) is 0 Å². The van der Waals surface area contributed by atoms with Crippen LogP contribution in [0.3, 0.4) is 0 Å². The van der Waals surface area contributed by atoms with E-state index < -0.39 is 0 Å². The van der Waals surface area contributed by atoms with Gasteiger partial charge in [-0.15, -0.1) is 0 Å². The fraction of sp³-hybridized carbons (Fsp3) is 0.571. The highest BCUT2D eigenvalue weighted by atomic mass is 14.8. The number of hydrogen-bond acceptors (Lipinski definition) is 2. The summed E-state index contributed by atoms with van der Waals surface area (Å²) in [6.45, 7) is 5.74. The maximum atomic E-state index is 5.51. The molecule has 0 aliphatic heterocycles. The molecule has 0 heterocycles. The second-order valence-corrected chi connectivity index (χ2v) is 2.58. The first-order valence-electron chi connectivity index (χ1n) is 3.29. The molecule has 0 aliphatic carbocycles. The Hall–Kier alpha value is -0.990. The predicted octanol–water partition coefficient (Wildman–Crippen LogP) is 0.820. The first-order valence-corrected chi connectivity index (χ1v) is 3.29. The molecule has 0 saturated carbocycles. The van der Waals surface area contributed by atoms with Gasteiger partial charge >= 0.3 is 0 Å². The molecule has 0 atom stereocenters. The second-order valence-electron chi connectivity index (χ2n) is 2.58. The summed E-state index contributed by atoms with van der Waals surface area (Å²) < 4.78 is 0. The molecule has 0 fully saturated rings. The van der Waals surface area contributed by atoms with Crippen LogP contribution in [0, 0.1) is 5.92 Å². The Bertz CT molecular complexity index is 152. The molecule has 0 bridgehead atoms. The van der Waals surface area contributed by atoms with Gasteiger partial charge in [0.2, 0.25) is 0 Å². The van der Waals surface area contributed by atoms with Crippen LogP contribution in [-0.4, -0.2) is 5.84 Å². The van der Waals surface area contributed by atoms with Crippen LogP contribution in [0.25, 0.3) is 0 Å². The normalized spacial score (nSPS) is 14.4. The number of aliphatic imine (C=N–C) groups is 1. The smallest absolute Gasteiger partial charge is 0.102 e. The summed E-state index contributed by atoms with van der Waals surface area (Å²) in [6.07, 6.45) is 1.56. The number of nitrogens with zero attached hydrogens (tertiary/aromatic N) is 1. The van der Waals surface area contributed by atoms with Crippen molar-refractivity contribution in [2.24, 2.45) is 22.4 Å². The molecule has 0 aromatic heterocycles. The molecule has 0 spiro atoms. The Morgan fingerprint density at radius 3 is 2.20 bits per heavy atom. The zero-order valence-corrected chi connectivity index (χ0v) is 6.76. The van der Waals surface area contributed by atoms with Gasteiger partial charge in [0.25, 0.3) is 0 Å². The summed E-state index contributed by atoms with van der Waals surface area (Å²) in [5, 5.41) is 0. The minimum Gasteiger partial charge on any atom is -0.401 e. The number of nitrogens with two attached hydrogens (primary N) is 2. The molecule has 0 radical (unpaired) electrons. The van der Waals surface area contributed by atoms with Gasteiger partial charge in [0.05, 0.1) is 0 Å². The summed E-state index contributed by atoms with van der Waals surface area (Å²) in [6, 6.07) is 0. The standard InChI is InChI=1S/C7H15N3/c1-5(2)7(9)10-4-6(3)8/h4-5H,8H2,1-3H3,(H2,9,10)/b6-4-. The van der Waals surface area contributed by atoms with Crippen LogP contribution in [0.2, 0.25) is 0 Å². The molecule has 0 unspecified atom stereocenters. The van der Waals surface area contributed by atoms with Crippen molar-refractivity contribution >= 4 is 5.84 Å². The van der Waals surface area contributed by atoms with E-state index in [0.29, 0.717) is 11.5 Å². The highest BCUT2D eigenvalue weighted by Crippen LogP contribution is 1.92. The number of hydrogen-bond donors (Lipinski definition) is 2. The summed E-state index contributed by atoms with van der Waals surface area (Å²) in [5.41, 5.74) is 11.5. The lowest BCUT2D eigenvalue weighted by molar-refractivity contribution is 0.872. The summed E-state index contributed by atoms with van der Waals surface area (Å²) in [7, 11) is 0. The maximum Gasteiger partial charge on any atom is 0.102 e. The van der Waals surface area contributed by atoms with Crippen molar-refractivity contribution in [2.45, 2.75) is 20.8 Å². The molecule has 10 heavy (non-hydrogen) atoms. The van der Waals surface area contributed by atoms with Crippen molar-refractivity contribution in [3.05, 3.63) is 11.9 Å². The van der Waals surface area contributed by atoms with Crippen LogP contribution >= 0.6 is 0 Å². The molecule has 58 valence electrons. The van der Waals surface area contributed by atoms with Crippen LogP contribution in [0.5, 0.6) is 0 Å². The Kier molecular flexibility index (Phi) is 3.54. The maximum absolute atomic E-state index is 5.51. The van der Waals surface area contributed by atoms with Gasteiger partial charge in [-0.3, -0.25) is 0 Å². The van der Waals surface area contributed by atoms with Crippen LogP contribution < -0.4 is 11.5 Å². The summed E-state index contributed by atoms with van der Waals surface area (Å²) >= 11 is 0. The third-order valence-corrected chi connectivity index (χ3v) is 1.01. The minimum atomic E-state index is 0.288. The lowest BCUT2D eigenvalue weighted by Crippen LogP contribution is -2.18. The largest absolute Gasteiger partial charge is 0.401 e. The molecular weight excluding hydrogens is 126 g/mol. The second kappa shape index (κ2) is 3.93. The molecule has 0 aliphatic rings. The van der Waals surface area contributed by atoms with Crippen molar-refractivity contribution < 1.29 is 0 Å². The summed E-state index contributed by atoms with van der Waals surface area (Å²) in [5.74, 6) is 0.903. The summed E-state index contributed by atoms with van der Waals surface area (Å²) in [4.78, 5) is 3.93. The average Bonchev–Trinajstić information content (AvgIpc) is 1.82. The monoisotopic (exact) mass is 141 g/mol. The van der Waals surface area contributed by atoms with E-state index in [1.807, 2.05) is 13.8 Å². The van der Waals surface area contributed by atoms with Gasteiger partial charge in [-0.2, -0.15) is 0 Å². The van der Waals surface area contributed by atoms with Crippen molar-refractivity contribution in [1.82, 2.24) is 0 Å². The van der Waals surface area contributed by atoms with E-state index in [-0.39, 0.29) is 5.92 Å².